The van der Waals surface area contributed by atoms with Gasteiger partial charge in [-0.15, -0.1) is 0 Å². The van der Waals surface area contributed by atoms with Crippen LogP contribution in [-0.4, -0.2) is 52.9 Å². The molecule has 0 spiro atoms. The number of rotatable bonds is 6. The van der Waals surface area contributed by atoms with Crippen molar-refractivity contribution in [2.24, 2.45) is 5.92 Å². The van der Waals surface area contributed by atoms with Crippen LogP contribution in [0, 0.1) is 11.7 Å². The second-order valence-corrected chi connectivity index (χ2v) is 8.51. The smallest absolute Gasteiger partial charge is 0.224 e. The number of pyridine rings is 1. The maximum atomic E-state index is 13.8. The lowest BCUT2D eigenvalue weighted by Gasteiger charge is -2.42. The molecule has 0 aliphatic carbocycles. The Balaban J connectivity index is 1.24. The summed E-state index contributed by atoms with van der Waals surface area (Å²) in [5, 5.41) is 2.95. The maximum Gasteiger partial charge on any atom is 0.224 e. The van der Waals surface area contributed by atoms with Gasteiger partial charge in [0.15, 0.2) is 0 Å². The van der Waals surface area contributed by atoms with E-state index in [4.69, 9.17) is 0 Å². The minimum atomic E-state index is -0.263. The monoisotopic (exact) mass is 410 g/mol. The fourth-order valence-corrected chi connectivity index (χ4v) is 4.71. The molecule has 160 valence electrons. The molecule has 1 aromatic heterocycles. The molecule has 1 atom stereocenters. The van der Waals surface area contributed by atoms with E-state index in [1.807, 2.05) is 18.5 Å². The van der Waals surface area contributed by atoms with Crippen molar-refractivity contribution in [3.05, 3.63) is 65.7 Å². The standard InChI is InChI=1S/C24H31FN4O/c25-23-8-2-1-6-20(23)16-27-24(30)21-7-4-12-29(18-21)22-9-13-28(14-10-22)17-19-5-3-11-26-15-19/h1-3,5-6,8,11,15,21-22H,4,7,9-10,12-14,16-18H2,(H,27,30)/t21-/m0/s1. The van der Waals surface area contributed by atoms with Gasteiger partial charge in [0.05, 0.1) is 5.92 Å². The third-order valence-corrected chi connectivity index (χ3v) is 6.44. The highest BCUT2D eigenvalue weighted by atomic mass is 19.1. The van der Waals surface area contributed by atoms with Crippen LogP contribution in [0.15, 0.2) is 48.8 Å². The number of amides is 1. The molecule has 1 aromatic carbocycles. The molecule has 5 nitrogen and oxygen atoms in total. The van der Waals surface area contributed by atoms with Gasteiger partial charge >= 0.3 is 0 Å². The normalized spacial score (nSPS) is 21.4. The topological polar surface area (TPSA) is 48.5 Å². The molecule has 4 rings (SSSR count). The van der Waals surface area contributed by atoms with Crippen LogP contribution in [0.3, 0.4) is 0 Å². The fourth-order valence-electron chi connectivity index (χ4n) is 4.71. The first-order valence-electron chi connectivity index (χ1n) is 11.1. The van der Waals surface area contributed by atoms with Gasteiger partial charge in [-0.3, -0.25) is 19.6 Å². The minimum Gasteiger partial charge on any atom is -0.352 e. The number of hydrogen-bond acceptors (Lipinski definition) is 4. The Morgan fingerprint density at radius 1 is 1.10 bits per heavy atom. The summed E-state index contributed by atoms with van der Waals surface area (Å²) in [6.07, 6.45) is 8.01. The fraction of sp³-hybridized carbons (Fsp3) is 0.500. The third-order valence-electron chi connectivity index (χ3n) is 6.44. The Labute approximate surface area is 178 Å². The molecule has 2 fully saturated rings. The maximum absolute atomic E-state index is 13.8. The van der Waals surface area contributed by atoms with Gasteiger partial charge in [-0.2, -0.15) is 0 Å². The van der Waals surface area contributed by atoms with Crippen LogP contribution >= 0.6 is 0 Å². The SMILES string of the molecule is O=C(NCc1ccccc1F)[C@H]1CCCN(C2CCN(Cc3cccnc3)CC2)C1. The average Bonchev–Trinajstić information content (AvgIpc) is 2.80. The molecular weight excluding hydrogens is 379 g/mol. The lowest BCUT2D eigenvalue weighted by Crippen LogP contribution is -2.50. The molecule has 2 aromatic rings. The van der Waals surface area contributed by atoms with Gasteiger partial charge in [-0.25, -0.2) is 4.39 Å². The number of carbonyl (C=O) groups excluding carboxylic acids is 1. The summed E-state index contributed by atoms with van der Waals surface area (Å²) in [5.41, 5.74) is 1.81. The van der Waals surface area contributed by atoms with E-state index in [0.717, 1.165) is 58.4 Å². The van der Waals surface area contributed by atoms with E-state index in [1.165, 1.54) is 11.6 Å². The van der Waals surface area contributed by atoms with Crippen molar-refractivity contribution in [2.45, 2.75) is 44.8 Å². The average molecular weight is 411 g/mol. The number of carbonyl (C=O) groups is 1. The summed E-state index contributed by atoms with van der Waals surface area (Å²) in [6.45, 7) is 5.28. The van der Waals surface area contributed by atoms with Crippen molar-refractivity contribution in [1.82, 2.24) is 20.1 Å². The molecule has 0 bridgehead atoms. The van der Waals surface area contributed by atoms with Crippen LogP contribution in [0.25, 0.3) is 0 Å². The molecule has 2 aliphatic heterocycles. The highest BCUT2D eigenvalue weighted by Gasteiger charge is 2.31. The first-order chi connectivity index (χ1) is 14.7. The minimum absolute atomic E-state index is 0.000976. The molecule has 3 heterocycles. The summed E-state index contributed by atoms with van der Waals surface area (Å²) >= 11 is 0. The van der Waals surface area contributed by atoms with E-state index < -0.39 is 0 Å². The predicted octanol–water partition coefficient (Wildman–Crippen LogP) is 3.21. The molecule has 0 radical (unpaired) electrons. The van der Waals surface area contributed by atoms with Crippen molar-refractivity contribution in [3.8, 4) is 0 Å². The van der Waals surface area contributed by atoms with Crippen molar-refractivity contribution >= 4 is 5.91 Å². The molecule has 2 aliphatic rings. The first kappa shape index (κ1) is 20.9. The largest absolute Gasteiger partial charge is 0.352 e. The Hall–Kier alpha value is -2.31. The van der Waals surface area contributed by atoms with Crippen molar-refractivity contribution in [1.29, 1.82) is 0 Å². The van der Waals surface area contributed by atoms with Crippen molar-refractivity contribution in [3.63, 3.8) is 0 Å². The van der Waals surface area contributed by atoms with Crippen molar-refractivity contribution < 1.29 is 9.18 Å². The number of hydrogen-bond donors (Lipinski definition) is 1. The Bertz CT molecular complexity index is 823. The van der Waals surface area contributed by atoms with Gasteiger partial charge < -0.3 is 5.32 Å². The molecule has 1 amide bonds. The number of aromatic nitrogens is 1. The third kappa shape index (κ3) is 5.43. The molecule has 6 heteroatoms. The summed E-state index contributed by atoms with van der Waals surface area (Å²) < 4.78 is 13.8. The summed E-state index contributed by atoms with van der Waals surface area (Å²) in [6, 6.07) is 11.3. The lowest BCUT2D eigenvalue weighted by molar-refractivity contribution is -0.127. The summed E-state index contributed by atoms with van der Waals surface area (Å²) in [4.78, 5) is 21.9. The number of nitrogens with one attached hydrogen (secondary N) is 1. The zero-order chi connectivity index (χ0) is 20.8. The van der Waals surface area contributed by atoms with Crippen LogP contribution in [0.4, 0.5) is 4.39 Å². The van der Waals surface area contributed by atoms with Gasteiger partial charge in [0.2, 0.25) is 5.91 Å². The van der Waals surface area contributed by atoms with E-state index in [1.54, 1.807) is 18.2 Å². The van der Waals surface area contributed by atoms with Gasteiger partial charge in [-0.1, -0.05) is 24.3 Å². The van der Waals surface area contributed by atoms with Crippen LogP contribution in [0.5, 0.6) is 0 Å². The van der Waals surface area contributed by atoms with Gasteiger partial charge in [0, 0.05) is 43.6 Å². The van der Waals surface area contributed by atoms with Gasteiger partial charge in [-0.05, 0) is 63.0 Å². The second-order valence-electron chi connectivity index (χ2n) is 8.51. The van der Waals surface area contributed by atoms with Crippen LogP contribution in [0.2, 0.25) is 0 Å². The van der Waals surface area contributed by atoms with Crippen LogP contribution in [-0.2, 0) is 17.9 Å². The summed E-state index contributed by atoms with van der Waals surface area (Å²) in [5.74, 6) is -0.211. The molecule has 2 saturated heterocycles. The zero-order valence-electron chi connectivity index (χ0n) is 17.5. The highest BCUT2D eigenvalue weighted by molar-refractivity contribution is 5.79. The van der Waals surface area contributed by atoms with E-state index in [-0.39, 0.29) is 24.2 Å². The first-order valence-corrected chi connectivity index (χ1v) is 11.1. The van der Waals surface area contributed by atoms with Crippen LogP contribution in [0.1, 0.15) is 36.8 Å². The van der Waals surface area contributed by atoms with Crippen LogP contribution < -0.4 is 5.32 Å². The zero-order valence-corrected chi connectivity index (χ0v) is 17.5. The van der Waals surface area contributed by atoms with Gasteiger partial charge in [0.25, 0.3) is 0 Å². The predicted molar refractivity (Wildman–Crippen MR) is 115 cm³/mol. The number of nitrogens with zero attached hydrogens (tertiary/aromatic N) is 3. The Kier molecular flexibility index (Phi) is 7.07. The number of halogens is 1. The summed E-state index contributed by atoms with van der Waals surface area (Å²) in [7, 11) is 0. The van der Waals surface area contributed by atoms with E-state index in [2.05, 4.69) is 26.2 Å². The number of piperidine rings is 2. The molecule has 30 heavy (non-hydrogen) atoms. The lowest BCUT2D eigenvalue weighted by atomic mass is 9.93. The molecular formula is C24H31FN4O. The Morgan fingerprint density at radius 3 is 2.70 bits per heavy atom. The van der Waals surface area contributed by atoms with Gasteiger partial charge in [0.1, 0.15) is 5.82 Å². The second kappa shape index (κ2) is 10.1. The van der Waals surface area contributed by atoms with E-state index in [0.29, 0.717) is 11.6 Å². The van der Waals surface area contributed by atoms with E-state index in [9.17, 15) is 9.18 Å². The quantitative estimate of drug-likeness (QED) is 0.795. The number of benzene rings is 1. The number of likely N-dealkylation sites (tertiary alicyclic amines) is 2. The van der Waals surface area contributed by atoms with E-state index >= 15 is 0 Å². The molecule has 0 saturated carbocycles. The molecule has 1 N–H and O–H groups in total. The van der Waals surface area contributed by atoms with Crippen molar-refractivity contribution in [2.75, 3.05) is 26.2 Å². The molecule has 0 unspecified atom stereocenters. The Morgan fingerprint density at radius 2 is 1.93 bits per heavy atom. The highest BCUT2D eigenvalue weighted by Crippen LogP contribution is 2.25.